The lowest BCUT2D eigenvalue weighted by molar-refractivity contribution is 0.190. The number of hydrogen-bond acceptors (Lipinski definition) is 2. The monoisotopic (exact) mass is 170 g/mol. The summed E-state index contributed by atoms with van der Waals surface area (Å²) in [6.45, 7) is 6.54. The number of hydrogen-bond donors (Lipinski definition) is 1. The first kappa shape index (κ1) is 10.0. The van der Waals surface area contributed by atoms with E-state index in [2.05, 4.69) is 25.8 Å². The van der Waals surface area contributed by atoms with Crippen molar-refractivity contribution in [3.63, 3.8) is 0 Å². The number of rotatable bonds is 5. The molecular formula is C10H22N2. The van der Waals surface area contributed by atoms with Gasteiger partial charge in [0.2, 0.25) is 0 Å². The first-order chi connectivity index (χ1) is 5.65. The fraction of sp³-hybridized carbons (Fsp3) is 1.00. The molecule has 0 radical (unpaired) electrons. The van der Waals surface area contributed by atoms with E-state index < -0.39 is 0 Å². The van der Waals surface area contributed by atoms with E-state index in [0.717, 1.165) is 12.5 Å². The highest BCUT2D eigenvalue weighted by atomic mass is 15.1. The Morgan fingerprint density at radius 1 is 1.42 bits per heavy atom. The standard InChI is InChI=1S/C10H22N2/c1-8(2)10(6-11)12(3)7-9-4-5-9/h8-10H,4-7,11H2,1-3H3. The minimum atomic E-state index is 0.575. The van der Waals surface area contributed by atoms with Crippen molar-refractivity contribution in [3.8, 4) is 0 Å². The Morgan fingerprint density at radius 2 is 2.00 bits per heavy atom. The summed E-state index contributed by atoms with van der Waals surface area (Å²) in [5.41, 5.74) is 5.73. The SMILES string of the molecule is CC(C)C(CN)N(C)CC1CC1. The van der Waals surface area contributed by atoms with Gasteiger partial charge in [0, 0.05) is 19.1 Å². The van der Waals surface area contributed by atoms with Crippen molar-refractivity contribution < 1.29 is 0 Å². The van der Waals surface area contributed by atoms with E-state index >= 15 is 0 Å². The van der Waals surface area contributed by atoms with Crippen LogP contribution in [0.5, 0.6) is 0 Å². The molecule has 2 heteroatoms. The third kappa shape index (κ3) is 2.76. The van der Waals surface area contributed by atoms with Gasteiger partial charge in [0.1, 0.15) is 0 Å². The summed E-state index contributed by atoms with van der Waals surface area (Å²) in [6, 6.07) is 0.575. The zero-order chi connectivity index (χ0) is 9.14. The van der Waals surface area contributed by atoms with Gasteiger partial charge in [-0.1, -0.05) is 13.8 Å². The summed E-state index contributed by atoms with van der Waals surface area (Å²) < 4.78 is 0. The van der Waals surface area contributed by atoms with E-state index in [0.29, 0.717) is 12.0 Å². The molecular weight excluding hydrogens is 148 g/mol. The van der Waals surface area contributed by atoms with E-state index in [1.165, 1.54) is 19.4 Å². The van der Waals surface area contributed by atoms with Crippen LogP contribution in [0.3, 0.4) is 0 Å². The number of nitrogens with two attached hydrogens (primary N) is 1. The quantitative estimate of drug-likeness (QED) is 0.674. The van der Waals surface area contributed by atoms with Gasteiger partial charge in [-0.15, -0.1) is 0 Å². The second-order valence-electron chi connectivity index (χ2n) is 4.43. The molecule has 0 bridgehead atoms. The lowest BCUT2D eigenvalue weighted by Gasteiger charge is -2.30. The molecule has 0 aromatic heterocycles. The van der Waals surface area contributed by atoms with Gasteiger partial charge in [-0.25, -0.2) is 0 Å². The Kier molecular flexibility index (Phi) is 3.53. The van der Waals surface area contributed by atoms with E-state index in [1.807, 2.05) is 0 Å². The molecule has 0 spiro atoms. The molecule has 0 aromatic rings. The van der Waals surface area contributed by atoms with Crippen LogP contribution in [0.25, 0.3) is 0 Å². The molecule has 1 fully saturated rings. The lowest BCUT2D eigenvalue weighted by Crippen LogP contribution is -2.42. The third-order valence-electron chi connectivity index (χ3n) is 2.82. The molecule has 1 aliphatic carbocycles. The highest BCUT2D eigenvalue weighted by Gasteiger charge is 2.26. The van der Waals surface area contributed by atoms with Crippen LogP contribution in [0.4, 0.5) is 0 Å². The number of nitrogens with zero attached hydrogens (tertiary/aromatic N) is 1. The van der Waals surface area contributed by atoms with E-state index in [-0.39, 0.29) is 0 Å². The minimum absolute atomic E-state index is 0.575. The molecule has 1 saturated carbocycles. The average molecular weight is 170 g/mol. The summed E-state index contributed by atoms with van der Waals surface area (Å²) in [6.07, 6.45) is 2.86. The van der Waals surface area contributed by atoms with Gasteiger partial charge in [-0.05, 0) is 31.7 Å². The molecule has 72 valence electrons. The molecule has 0 saturated heterocycles. The van der Waals surface area contributed by atoms with Gasteiger partial charge in [0.15, 0.2) is 0 Å². The Balaban J connectivity index is 2.29. The normalized spacial score (nSPS) is 20.5. The van der Waals surface area contributed by atoms with Crippen molar-refractivity contribution in [1.29, 1.82) is 0 Å². The molecule has 0 heterocycles. The summed E-state index contributed by atoms with van der Waals surface area (Å²) in [5.74, 6) is 1.65. The van der Waals surface area contributed by atoms with Gasteiger partial charge in [0.05, 0.1) is 0 Å². The van der Waals surface area contributed by atoms with E-state index in [9.17, 15) is 0 Å². The van der Waals surface area contributed by atoms with Gasteiger partial charge < -0.3 is 10.6 Å². The van der Waals surface area contributed by atoms with Gasteiger partial charge >= 0.3 is 0 Å². The summed E-state index contributed by atoms with van der Waals surface area (Å²) in [7, 11) is 2.20. The topological polar surface area (TPSA) is 29.3 Å². The predicted octanol–water partition coefficient (Wildman–Crippen LogP) is 1.31. The van der Waals surface area contributed by atoms with Gasteiger partial charge in [-0.2, -0.15) is 0 Å². The van der Waals surface area contributed by atoms with Crippen LogP contribution < -0.4 is 5.73 Å². The maximum absolute atomic E-state index is 5.73. The highest BCUT2D eigenvalue weighted by molar-refractivity contribution is 4.81. The second-order valence-corrected chi connectivity index (χ2v) is 4.43. The molecule has 0 aromatic carbocycles. The van der Waals surface area contributed by atoms with Crippen molar-refractivity contribution in [3.05, 3.63) is 0 Å². The van der Waals surface area contributed by atoms with Crippen molar-refractivity contribution in [1.82, 2.24) is 4.90 Å². The van der Waals surface area contributed by atoms with Crippen LogP contribution in [0.1, 0.15) is 26.7 Å². The van der Waals surface area contributed by atoms with Crippen molar-refractivity contribution in [2.45, 2.75) is 32.7 Å². The zero-order valence-corrected chi connectivity index (χ0v) is 8.59. The summed E-state index contributed by atoms with van der Waals surface area (Å²) in [5, 5.41) is 0. The van der Waals surface area contributed by atoms with Gasteiger partial charge in [0.25, 0.3) is 0 Å². The van der Waals surface area contributed by atoms with Crippen LogP contribution in [-0.2, 0) is 0 Å². The van der Waals surface area contributed by atoms with E-state index in [4.69, 9.17) is 5.73 Å². The average Bonchev–Trinajstić information content (AvgIpc) is 2.71. The molecule has 1 unspecified atom stereocenters. The Bertz CT molecular complexity index is 130. The molecule has 2 nitrogen and oxygen atoms in total. The van der Waals surface area contributed by atoms with Crippen molar-refractivity contribution >= 4 is 0 Å². The van der Waals surface area contributed by atoms with E-state index in [1.54, 1.807) is 0 Å². The molecule has 0 aliphatic heterocycles. The molecule has 2 N–H and O–H groups in total. The minimum Gasteiger partial charge on any atom is -0.329 e. The highest BCUT2D eigenvalue weighted by Crippen LogP contribution is 2.30. The molecule has 12 heavy (non-hydrogen) atoms. The van der Waals surface area contributed by atoms with Gasteiger partial charge in [-0.3, -0.25) is 0 Å². The van der Waals surface area contributed by atoms with Crippen LogP contribution >= 0.6 is 0 Å². The fourth-order valence-electron chi connectivity index (χ4n) is 1.80. The first-order valence-electron chi connectivity index (χ1n) is 5.05. The summed E-state index contributed by atoms with van der Waals surface area (Å²) in [4.78, 5) is 2.43. The maximum Gasteiger partial charge on any atom is 0.0238 e. The van der Waals surface area contributed by atoms with Crippen LogP contribution in [0.15, 0.2) is 0 Å². The second kappa shape index (κ2) is 4.24. The van der Waals surface area contributed by atoms with Crippen molar-refractivity contribution in [2.75, 3.05) is 20.1 Å². The Hall–Kier alpha value is -0.0800. The molecule has 1 atom stereocenters. The zero-order valence-electron chi connectivity index (χ0n) is 8.59. The van der Waals surface area contributed by atoms with Crippen LogP contribution in [0.2, 0.25) is 0 Å². The lowest BCUT2D eigenvalue weighted by atomic mass is 10.0. The largest absolute Gasteiger partial charge is 0.329 e. The Morgan fingerprint density at radius 3 is 2.33 bits per heavy atom. The first-order valence-corrected chi connectivity index (χ1v) is 5.05. The maximum atomic E-state index is 5.73. The van der Waals surface area contributed by atoms with Crippen LogP contribution in [-0.4, -0.2) is 31.1 Å². The molecule has 1 rings (SSSR count). The molecule has 0 amide bonds. The predicted molar refractivity (Wildman–Crippen MR) is 53.0 cm³/mol. The fourth-order valence-corrected chi connectivity index (χ4v) is 1.80. The smallest absolute Gasteiger partial charge is 0.0238 e. The molecule has 1 aliphatic rings. The van der Waals surface area contributed by atoms with Crippen molar-refractivity contribution in [2.24, 2.45) is 17.6 Å². The summed E-state index contributed by atoms with van der Waals surface area (Å²) >= 11 is 0. The number of likely N-dealkylation sites (N-methyl/N-ethyl adjacent to an activating group) is 1. The van der Waals surface area contributed by atoms with Crippen LogP contribution in [0, 0.1) is 11.8 Å². The third-order valence-corrected chi connectivity index (χ3v) is 2.82. The Labute approximate surface area is 76.1 Å².